The third kappa shape index (κ3) is 5.15. The van der Waals surface area contributed by atoms with E-state index < -0.39 is 0 Å². The van der Waals surface area contributed by atoms with Crippen LogP contribution in [0, 0.1) is 17.8 Å². The summed E-state index contributed by atoms with van der Waals surface area (Å²) in [4.78, 5) is 2.54. The van der Waals surface area contributed by atoms with Gasteiger partial charge in [-0.3, -0.25) is 0 Å². The first-order valence-corrected chi connectivity index (χ1v) is 19.9. The average Bonchev–Trinajstić information content (AvgIpc) is 3.52. The summed E-state index contributed by atoms with van der Waals surface area (Å²) in [6.45, 7) is 0. The molecule has 6 aliphatic rings. The number of nitrogens with zero attached hydrogens (tertiary/aromatic N) is 2. The molecule has 2 heteroatoms. The van der Waals surface area contributed by atoms with Gasteiger partial charge in [-0.1, -0.05) is 127 Å². The van der Waals surface area contributed by atoms with Crippen molar-refractivity contribution in [2.45, 2.75) is 43.9 Å². The van der Waals surface area contributed by atoms with Crippen LogP contribution < -0.4 is 4.90 Å². The molecule has 14 rings (SSSR count). The van der Waals surface area contributed by atoms with E-state index in [9.17, 15) is 0 Å². The fourth-order valence-corrected chi connectivity index (χ4v) is 10.8. The lowest BCUT2D eigenvalue weighted by Gasteiger charge is -2.58. The molecule has 0 N–H and O–H groups in total. The lowest BCUT2D eigenvalue weighted by molar-refractivity contribution is -0.00536. The van der Waals surface area contributed by atoms with Crippen molar-refractivity contribution in [2.75, 3.05) is 4.90 Å². The molecule has 0 radical (unpaired) electrons. The number of benzene rings is 7. The van der Waals surface area contributed by atoms with Gasteiger partial charge in [0.15, 0.2) is 0 Å². The first-order chi connectivity index (χ1) is 26.7. The van der Waals surface area contributed by atoms with E-state index in [0.29, 0.717) is 0 Å². The summed E-state index contributed by atoms with van der Waals surface area (Å²) >= 11 is 0. The van der Waals surface area contributed by atoms with Crippen LogP contribution in [0.1, 0.15) is 44.1 Å². The molecule has 8 aromatic rings. The molecule has 6 fully saturated rings. The Balaban J connectivity index is 1.03. The van der Waals surface area contributed by atoms with Gasteiger partial charge in [-0.2, -0.15) is 0 Å². The largest absolute Gasteiger partial charge is 0.310 e. The fraction of sp³-hybridized carbons (Fsp3) is 0.192. The maximum absolute atomic E-state index is 2.54. The molecule has 4 bridgehead atoms. The molecule has 2 nitrogen and oxygen atoms in total. The zero-order valence-electron chi connectivity index (χ0n) is 30.6. The van der Waals surface area contributed by atoms with Crippen LogP contribution in [0.4, 0.5) is 17.1 Å². The molecule has 6 saturated carbocycles. The van der Waals surface area contributed by atoms with E-state index in [1.165, 1.54) is 105 Å². The summed E-state index contributed by atoms with van der Waals surface area (Å²) in [7, 11) is 0. The van der Waals surface area contributed by atoms with Crippen LogP contribution in [0.3, 0.4) is 0 Å². The second-order valence-electron chi connectivity index (χ2n) is 16.4. The highest BCUT2D eigenvalue weighted by Crippen LogP contribution is 2.62. The molecular weight excluding hydrogens is 653 g/mol. The smallest absolute Gasteiger partial charge is 0.0541 e. The first kappa shape index (κ1) is 31.6. The Labute approximate surface area is 318 Å². The van der Waals surface area contributed by atoms with Crippen LogP contribution in [0.15, 0.2) is 176 Å². The Morgan fingerprint density at radius 1 is 0.426 bits per heavy atom. The van der Waals surface area contributed by atoms with Gasteiger partial charge >= 0.3 is 0 Å². The number of aromatic nitrogens is 1. The fourth-order valence-electron chi connectivity index (χ4n) is 10.8. The zero-order chi connectivity index (χ0) is 35.6. The van der Waals surface area contributed by atoms with Crippen molar-refractivity contribution in [3.05, 3.63) is 181 Å². The van der Waals surface area contributed by atoms with E-state index in [2.05, 4.69) is 185 Å². The summed E-state index contributed by atoms with van der Waals surface area (Å²) in [6.07, 6.45) is 8.37. The van der Waals surface area contributed by atoms with Crippen LogP contribution in [0.2, 0.25) is 0 Å². The second kappa shape index (κ2) is 12.6. The van der Waals surface area contributed by atoms with Crippen molar-refractivity contribution in [1.82, 2.24) is 4.57 Å². The molecule has 262 valence electrons. The number of para-hydroxylation sites is 4. The number of hydrogen-bond donors (Lipinski definition) is 0. The van der Waals surface area contributed by atoms with Crippen LogP contribution >= 0.6 is 0 Å². The minimum atomic E-state index is 0.279. The van der Waals surface area contributed by atoms with E-state index in [1.807, 2.05) is 0 Å². The molecule has 7 aromatic carbocycles. The molecule has 0 atom stereocenters. The Bertz CT molecular complexity index is 2570. The molecule has 0 saturated heterocycles. The molecule has 6 aliphatic carbocycles. The van der Waals surface area contributed by atoms with Crippen molar-refractivity contribution in [1.29, 1.82) is 0 Å². The molecule has 54 heavy (non-hydrogen) atoms. The van der Waals surface area contributed by atoms with E-state index in [4.69, 9.17) is 0 Å². The maximum Gasteiger partial charge on any atom is 0.0541 e. The number of fused-ring (bicyclic) bond motifs is 3. The lowest BCUT2D eigenvalue weighted by atomic mass is 9.47. The molecule has 0 amide bonds. The van der Waals surface area contributed by atoms with Gasteiger partial charge in [-0.25, -0.2) is 0 Å². The highest BCUT2D eigenvalue weighted by atomic mass is 15.1. The zero-order valence-corrected chi connectivity index (χ0v) is 30.6. The predicted molar refractivity (Wildman–Crippen MR) is 226 cm³/mol. The van der Waals surface area contributed by atoms with Gasteiger partial charge in [0.2, 0.25) is 0 Å². The average molecular weight is 697 g/mol. The second-order valence-corrected chi connectivity index (χ2v) is 16.4. The van der Waals surface area contributed by atoms with E-state index in [-0.39, 0.29) is 5.41 Å². The third-order valence-corrected chi connectivity index (χ3v) is 13.1. The minimum Gasteiger partial charge on any atom is -0.310 e. The minimum absolute atomic E-state index is 0.279. The monoisotopic (exact) mass is 696 g/mol. The topological polar surface area (TPSA) is 8.17 Å². The van der Waals surface area contributed by atoms with Crippen molar-refractivity contribution in [3.63, 3.8) is 0 Å². The van der Waals surface area contributed by atoms with Crippen LogP contribution in [0.25, 0.3) is 49.7 Å². The molecule has 0 unspecified atom stereocenters. The van der Waals surface area contributed by atoms with Gasteiger partial charge in [0.05, 0.1) is 16.7 Å². The normalized spacial score (nSPS) is 21.5. The Morgan fingerprint density at radius 2 is 0.944 bits per heavy atom. The van der Waals surface area contributed by atoms with Gasteiger partial charge in [0.25, 0.3) is 0 Å². The van der Waals surface area contributed by atoms with Crippen molar-refractivity contribution in [2.24, 2.45) is 17.8 Å². The van der Waals surface area contributed by atoms with Gasteiger partial charge < -0.3 is 9.47 Å². The first-order valence-electron chi connectivity index (χ1n) is 19.9. The predicted octanol–water partition coefficient (Wildman–Crippen LogP) is 14.1. The quantitative estimate of drug-likeness (QED) is 0.161. The summed E-state index contributed by atoms with van der Waals surface area (Å²) in [5, 5.41) is 2.56. The summed E-state index contributed by atoms with van der Waals surface area (Å²) in [5.74, 6) is 2.76. The number of rotatable bonds is 7. The van der Waals surface area contributed by atoms with Crippen molar-refractivity contribution >= 4 is 38.9 Å². The number of anilines is 3. The van der Waals surface area contributed by atoms with Crippen LogP contribution in [-0.4, -0.2) is 4.57 Å². The standard InChI is InChI=1S/C52H44N2/c1-2-12-39(13-3-1)40-22-26-42(27-23-40)53(51-21-11-7-17-47(51)52-33-37-30-36(31-37)32-38(34-52)35-52)43-28-24-41(25-29-43)44-14-4-8-18-48(44)54-49-19-9-5-15-45(49)46-16-6-10-20-50(46)54/h1-29,36-38H,30-35H2. The van der Waals surface area contributed by atoms with E-state index in [0.717, 1.165) is 17.8 Å². The Kier molecular flexibility index (Phi) is 7.40. The molecular formula is C52H44N2. The van der Waals surface area contributed by atoms with Crippen molar-refractivity contribution < 1.29 is 0 Å². The van der Waals surface area contributed by atoms with Gasteiger partial charge in [0.1, 0.15) is 0 Å². The highest BCUT2D eigenvalue weighted by molar-refractivity contribution is 6.09. The molecule has 1 aromatic heterocycles. The lowest BCUT2D eigenvalue weighted by Crippen LogP contribution is -2.49. The SMILES string of the molecule is c1ccc(-c2ccc(N(c3ccc(-c4ccccc4-n4c5ccccc5c5ccccc54)cc3)c3ccccc3C34CC5CC(C5)CC(C3)C4)cc2)cc1. The van der Waals surface area contributed by atoms with Gasteiger partial charge in [-0.05, 0) is 132 Å². The van der Waals surface area contributed by atoms with E-state index >= 15 is 0 Å². The Morgan fingerprint density at radius 3 is 1.65 bits per heavy atom. The third-order valence-electron chi connectivity index (χ3n) is 13.1. The highest BCUT2D eigenvalue weighted by Gasteiger charge is 2.53. The molecule has 1 heterocycles. The van der Waals surface area contributed by atoms with Gasteiger partial charge in [0, 0.05) is 33.4 Å². The Hall–Kier alpha value is -5.86. The molecule has 0 aliphatic heterocycles. The summed E-state index contributed by atoms with van der Waals surface area (Å²) in [6, 6.07) is 65.1. The summed E-state index contributed by atoms with van der Waals surface area (Å²) < 4.78 is 2.44. The van der Waals surface area contributed by atoms with Crippen LogP contribution in [0.5, 0.6) is 0 Å². The maximum atomic E-state index is 2.54. The summed E-state index contributed by atoms with van der Waals surface area (Å²) in [5.41, 5.74) is 14.1. The van der Waals surface area contributed by atoms with Crippen LogP contribution in [-0.2, 0) is 5.41 Å². The number of hydrogen-bond acceptors (Lipinski definition) is 1. The van der Waals surface area contributed by atoms with Crippen molar-refractivity contribution in [3.8, 4) is 27.9 Å². The molecule has 0 spiro atoms. The van der Waals surface area contributed by atoms with E-state index in [1.54, 1.807) is 5.56 Å². The van der Waals surface area contributed by atoms with Gasteiger partial charge in [-0.15, -0.1) is 0 Å².